The SMILES string of the molecule is CCCCc1ccc(NC(=O)CC(=O)c2c(-c3ccccc3)n(C)c3ccccc23)cc1. The number of carbonyl (C=O) groups is 2. The van der Waals surface area contributed by atoms with Gasteiger partial charge in [0.1, 0.15) is 0 Å². The highest BCUT2D eigenvalue weighted by atomic mass is 16.2. The Kier molecular flexibility index (Phi) is 6.50. The third-order valence-electron chi connectivity index (χ3n) is 5.81. The van der Waals surface area contributed by atoms with E-state index in [0.29, 0.717) is 11.3 Å². The molecule has 1 aromatic heterocycles. The van der Waals surface area contributed by atoms with Gasteiger partial charge < -0.3 is 9.88 Å². The van der Waals surface area contributed by atoms with Gasteiger partial charge in [0.15, 0.2) is 5.78 Å². The molecule has 0 aliphatic carbocycles. The molecule has 0 aliphatic rings. The van der Waals surface area contributed by atoms with Gasteiger partial charge in [-0.05, 0) is 42.2 Å². The molecule has 1 heterocycles. The number of fused-ring (bicyclic) bond motifs is 1. The van der Waals surface area contributed by atoms with E-state index in [1.54, 1.807) is 0 Å². The zero-order valence-electron chi connectivity index (χ0n) is 18.6. The summed E-state index contributed by atoms with van der Waals surface area (Å²) in [6.45, 7) is 2.17. The van der Waals surface area contributed by atoms with Crippen molar-refractivity contribution in [2.75, 3.05) is 5.32 Å². The van der Waals surface area contributed by atoms with E-state index in [9.17, 15) is 9.59 Å². The van der Waals surface area contributed by atoms with E-state index in [0.717, 1.165) is 41.4 Å². The monoisotopic (exact) mass is 424 g/mol. The third-order valence-corrected chi connectivity index (χ3v) is 5.81. The lowest BCUT2D eigenvalue weighted by Crippen LogP contribution is -2.17. The number of rotatable bonds is 8. The first kappa shape index (κ1) is 21.6. The Morgan fingerprint density at radius 3 is 2.28 bits per heavy atom. The molecule has 4 aromatic rings. The predicted octanol–water partition coefficient (Wildman–Crippen LogP) is 6.40. The maximum Gasteiger partial charge on any atom is 0.232 e. The van der Waals surface area contributed by atoms with Crippen molar-refractivity contribution in [3.05, 3.63) is 90.0 Å². The fraction of sp³-hybridized carbons (Fsp3) is 0.214. The van der Waals surface area contributed by atoms with Crippen LogP contribution in [0.15, 0.2) is 78.9 Å². The van der Waals surface area contributed by atoms with Crippen molar-refractivity contribution in [3.8, 4) is 11.3 Å². The summed E-state index contributed by atoms with van der Waals surface area (Å²) < 4.78 is 2.03. The quantitative estimate of drug-likeness (QED) is 0.263. The molecule has 4 rings (SSSR count). The summed E-state index contributed by atoms with van der Waals surface area (Å²) in [4.78, 5) is 26.1. The van der Waals surface area contributed by atoms with Crippen LogP contribution in [-0.4, -0.2) is 16.3 Å². The van der Waals surface area contributed by atoms with Gasteiger partial charge in [-0.3, -0.25) is 9.59 Å². The molecule has 4 nitrogen and oxygen atoms in total. The standard InChI is InChI=1S/C28H28N2O2/c1-3-4-10-20-15-17-22(18-16-20)29-26(32)19-25(31)27-23-13-8-9-14-24(23)30(2)28(27)21-11-6-5-7-12-21/h5-9,11-18H,3-4,10,19H2,1-2H3,(H,29,32). The Morgan fingerprint density at radius 1 is 0.875 bits per heavy atom. The number of aromatic nitrogens is 1. The van der Waals surface area contributed by atoms with Crippen LogP contribution < -0.4 is 5.32 Å². The van der Waals surface area contributed by atoms with E-state index >= 15 is 0 Å². The van der Waals surface area contributed by atoms with Crippen LogP contribution in [0.1, 0.15) is 42.1 Å². The van der Waals surface area contributed by atoms with E-state index in [1.165, 1.54) is 5.56 Å². The summed E-state index contributed by atoms with van der Waals surface area (Å²) in [5, 5.41) is 3.74. The molecule has 0 aliphatic heterocycles. The second-order valence-corrected chi connectivity index (χ2v) is 8.11. The van der Waals surface area contributed by atoms with Gasteiger partial charge in [-0.1, -0.05) is 74.0 Å². The molecule has 0 fully saturated rings. The van der Waals surface area contributed by atoms with Crippen molar-refractivity contribution in [2.45, 2.75) is 32.6 Å². The van der Waals surface area contributed by atoms with Crippen LogP contribution in [-0.2, 0) is 18.3 Å². The van der Waals surface area contributed by atoms with Gasteiger partial charge in [0.25, 0.3) is 0 Å². The molecule has 0 bridgehead atoms. The molecule has 4 heteroatoms. The van der Waals surface area contributed by atoms with Crippen LogP contribution in [0.2, 0.25) is 0 Å². The number of hydrogen-bond donors (Lipinski definition) is 1. The molecule has 1 N–H and O–H groups in total. The van der Waals surface area contributed by atoms with Crippen molar-refractivity contribution in [2.24, 2.45) is 7.05 Å². The Morgan fingerprint density at radius 2 is 1.56 bits per heavy atom. The lowest BCUT2D eigenvalue weighted by atomic mass is 9.99. The molecule has 0 saturated carbocycles. The first-order valence-electron chi connectivity index (χ1n) is 11.1. The molecule has 0 radical (unpaired) electrons. The van der Waals surface area contributed by atoms with Gasteiger partial charge in [0, 0.05) is 23.6 Å². The molecule has 1 amide bonds. The largest absolute Gasteiger partial charge is 0.343 e. The molecule has 3 aromatic carbocycles. The number of nitrogens with zero attached hydrogens (tertiary/aromatic N) is 1. The highest BCUT2D eigenvalue weighted by Crippen LogP contribution is 2.34. The Labute approximate surface area is 188 Å². The van der Waals surface area contributed by atoms with Gasteiger partial charge in [0.2, 0.25) is 5.91 Å². The number of carbonyl (C=O) groups excluding carboxylic acids is 2. The van der Waals surface area contributed by atoms with Crippen LogP contribution in [0.4, 0.5) is 5.69 Å². The van der Waals surface area contributed by atoms with Gasteiger partial charge in [0.05, 0.1) is 17.7 Å². The number of benzene rings is 3. The first-order chi connectivity index (χ1) is 15.6. The topological polar surface area (TPSA) is 51.1 Å². The maximum absolute atomic E-state index is 13.4. The lowest BCUT2D eigenvalue weighted by Gasteiger charge is -2.09. The minimum Gasteiger partial charge on any atom is -0.343 e. The van der Waals surface area contributed by atoms with Crippen LogP contribution in [0, 0.1) is 0 Å². The fourth-order valence-corrected chi connectivity index (χ4v) is 4.18. The predicted molar refractivity (Wildman–Crippen MR) is 131 cm³/mol. The van der Waals surface area contributed by atoms with Crippen molar-refractivity contribution >= 4 is 28.3 Å². The molecule has 32 heavy (non-hydrogen) atoms. The number of Topliss-reactive ketones (excluding diaryl/α,β-unsaturated/α-hetero) is 1. The number of anilines is 1. The van der Waals surface area contributed by atoms with E-state index in [2.05, 4.69) is 12.2 Å². The number of hydrogen-bond acceptors (Lipinski definition) is 2. The average molecular weight is 425 g/mol. The summed E-state index contributed by atoms with van der Waals surface area (Å²) in [7, 11) is 1.96. The highest BCUT2D eigenvalue weighted by molar-refractivity contribution is 6.19. The number of amides is 1. The smallest absolute Gasteiger partial charge is 0.232 e. The van der Waals surface area contributed by atoms with Crippen LogP contribution in [0.25, 0.3) is 22.2 Å². The summed E-state index contributed by atoms with van der Waals surface area (Å²) >= 11 is 0. The van der Waals surface area contributed by atoms with Crippen LogP contribution in [0.3, 0.4) is 0 Å². The number of aryl methyl sites for hydroxylation is 2. The zero-order chi connectivity index (χ0) is 22.5. The molecule has 0 spiro atoms. The molecule has 0 unspecified atom stereocenters. The van der Waals surface area contributed by atoms with Gasteiger partial charge in [-0.2, -0.15) is 0 Å². The van der Waals surface area contributed by atoms with E-state index in [4.69, 9.17) is 0 Å². The minimum absolute atomic E-state index is 0.183. The van der Waals surface area contributed by atoms with Crippen molar-refractivity contribution in [1.29, 1.82) is 0 Å². The first-order valence-corrected chi connectivity index (χ1v) is 11.1. The maximum atomic E-state index is 13.4. The summed E-state index contributed by atoms with van der Waals surface area (Å²) in [5.74, 6) is -0.485. The Bertz CT molecular complexity index is 1240. The van der Waals surface area contributed by atoms with E-state index in [-0.39, 0.29) is 18.1 Å². The number of unbranched alkanes of at least 4 members (excludes halogenated alkanes) is 1. The average Bonchev–Trinajstić information content (AvgIpc) is 3.12. The van der Waals surface area contributed by atoms with Gasteiger partial charge in [-0.25, -0.2) is 0 Å². The van der Waals surface area contributed by atoms with Crippen LogP contribution >= 0.6 is 0 Å². The molecule has 0 saturated heterocycles. The van der Waals surface area contributed by atoms with Gasteiger partial charge in [-0.15, -0.1) is 0 Å². The van der Waals surface area contributed by atoms with Crippen LogP contribution in [0.5, 0.6) is 0 Å². The second-order valence-electron chi connectivity index (χ2n) is 8.11. The van der Waals surface area contributed by atoms with Gasteiger partial charge >= 0.3 is 0 Å². The van der Waals surface area contributed by atoms with Crippen molar-refractivity contribution < 1.29 is 9.59 Å². The minimum atomic E-state index is -0.303. The Balaban J connectivity index is 1.58. The van der Waals surface area contributed by atoms with E-state index < -0.39 is 0 Å². The second kappa shape index (κ2) is 9.65. The number of nitrogens with one attached hydrogen (secondary N) is 1. The summed E-state index contributed by atoms with van der Waals surface area (Å²) in [6.07, 6.45) is 3.13. The lowest BCUT2D eigenvalue weighted by molar-refractivity contribution is -0.115. The molecular weight excluding hydrogens is 396 g/mol. The fourth-order valence-electron chi connectivity index (χ4n) is 4.18. The zero-order valence-corrected chi connectivity index (χ0v) is 18.6. The molecular formula is C28H28N2O2. The molecule has 162 valence electrons. The van der Waals surface area contributed by atoms with Crippen molar-refractivity contribution in [3.63, 3.8) is 0 Å². The van der Waals surface area contributed by atoms with E-state index in [1.807, 2.05) is 90.5 Å². The summed E-state index contributed by atoms with van der Waals surface area (Å²) in [6, 6.07) is 25.6. The number of para-hydroxylation sites is 1. The molecule has 0 atom stereocenters. The normalized spacial score (nSPS) is 10.9. The number of ketones is 1. The Hall–Kier alpha value is -3.66. The summed E-state index contributed by atoms with van der Waals surface area (Å²) in [5.41, 5.74) is 5.33. The highest BCUT2D eigenvalue weighted by Gasteiger charge is 2.23. The third kappa shape index (κ3) is 4.50. The van der Waals surface area contributed by atoms with Crippen molar-refractivity contribution in [1.82, 2.24) is 4.57 Å².